The third-order valence-electron chi connectivity index (χ3n) is 3.36. The van der Waals surface area contributed by atoms with E-state index in [2.05, 4.69) is 19.2 Å². The summed E-state index contributed by atoms with van der Waals surface area (Å²) in [6.45, 7) is 6.41. The molecule has 1 aromatic carbocycles. The Morgan fingerprint density at radius 2 is 2.12 bits per heavy atom. The topological polar surface area (TPSA) is 12.0 Å². The molecule has 1 N–H and O–H groups in total. The second-order valence-corrected chi connectivity index (χ2v) is 6.53. The molecule has 1 unspecified atom stereocenters. The van der Waals surface area contributed by atoms with Gasteiger partial charge in [0, 0.05) is 16.5 Å². The summed E-state index contributed by atoms with van der Waals surface area (Å²) in [4.78, 5) is 0. The molecule has 3 heteroatoms. The van der Waals surface area contributed by atoms with E-state index in [0.29, 0.717) is 0 Å². The summed E-state index contributed by atoms with van der Waals surface area (Å²) in [6, 6.07) is 3.53. The zero-order valence-electron chi connectivity index (χ0n) is 10.2. The van der Waals surface area contributed by atoms with E-state index >= 15 is 0 Å². The molecule has 2 rings (SSSR count). The molecular weight excluding hydrogens is 221 g/mol. The summed E-state index contributed by atoms with van der Waals surface area (Å²) in [5, 5.41) is 3.32. The van der Waals surface area contributed by atoms with Crippen LogP contribution in [0.2, 0.25) is 0 Å². The number of rotatable bonds is 1. The first-order valence-corrected chi connectivity index (χ1v) is 6.54. The number of thioether (sulfide) groups is 1. The van der Waals surface area contributed by atoms with Crippen LogP contribution in [0.1, 0.15) is 36.6 Å². The van der Waals surface area contributed by atoms with Gasteiger partial charge in [-0.15, -0.1) is 11.8 Å². The van der Waals surface area contributed by atoms with Crippen molar-refractivity contribution in [1.29, 1.82) is 0 Å². The molecule has 0 fully saturated rings. The lowest BCUT2D eigenvalue weighted by atomic mass is 9.89. The van der Waals surface area contributed by atoms with Gasteiger partial charge in [-0.3, -0.25) is 0 Å². The Hall–Kier alpha value is -0.540. The molecule has 0 spiro atoms. The maximum atomic E-state index is 13.5. The summed E-state index contributed by atoms with van der Waals surface area (Å²) in [6.07, 6.45) is 0. The fourth-order valence-electron chi connectivity index (χ4n) is 2.47. The minimum atomic E-state index is -0.126. The minimum absolute atomic E-state index is 0.113. The van der Waals surface area contributed by atoms with Gasteiger partial charge in [0.2, 0.25) is 0 Å². The summed E-state index contributed by atoms with van der Waals surface area (Å²) in [5.74, 6) is 0.853. The normalized spacial score (nSPS) is 22.9. The molecule has 16 heavy (non-hydrogen) atoms. The molecule has 0 saturated carbocycles. The van der Waals surface area contributed by atoms with Crippen molar-refractivity contribution in [2.45, 2.75) is 37.3 Å². The van der Waals surface area contributed by atoms with Crippen molar-refractivity contribution in [1.82, 2.24) is 5.32 Å². The quantitative estimate of drug-likeness (QED) is 0.806. The Balaban J connectivity index is 2.57. The molecule has 0 aliphatic carbocycles. The van der Waals surface area contributed by atoms with E-state index in [4.69, 9.17) is 0 Å². The number of nitrogens with one attached hydrogen (secondary N) is 1. The number of halogens is 1. The van der Waals surface area contributed by atoms with E-state index in [-0.39, 0.29) is 16.6 Å². The first kappa shape index (κ1) is 11.9. The van der Waals surface area contributed by atoms with Crippen molar-refractivity contribution < 1.29 is 4.39 Å². The van der Waals surface area contributed by atoms with Gasteiger partial charge in [-0.25, -0.2) is 4.39 Å². The molecule has 0 radical (unpaired) electrons. The number of fused-ring (bicyclic) bond motifs is 1. The van der Waals surface area contributed by atoms with E-state index < -0.39 is 0 Å². The Morgan fingerprint density at radius 1 is 1.44 bits per heavy atom. The van der Waals surface area contributed by atoms with E-state index in [9.17, 15) is 4.39 Å². The number of hydrogen-bond donors (Lipinski definition) is 1. The largest absolute Gasteiger partial charge is 0.312 e. The lowest BCUT2D eigenvalue weighted by Gasteiger charge is -2.40. The van der Waals surface area contributed by atoms with Crippen LogP contribution >= 0.6 is 11.8 Å². The average Bonchev–Trinajstić information content (AvgIpc) is 2.15. The molecule has 1 aliphatic rings. The molecule has 0 aromatic heterocycles. The highest BCUT2D eigenvalue weighted by molar-refractivity contribution is 8.00. The number of aryl methyl sites for hydroxylation is 1. The monoisotopic (exact) mass is 239 g/mol. The van der Waals surface area contributed by atoms with Crippen LogP contribution in [0, 0.1) is 12.7 Å². The van der Waals surface area contributed by atoms with E-state index in [1.165, 1.54) is 5.56 Å². The third kappa shape index (κ3) is 1.87. The first-order valence-electron chi connectivity index (χ1n) is 5.56. The first-order chi connectivity index (χ1) is 7.45. The maximum absolute atomic E-state index is 13.5. The van der Waals surface area contributed by atoms with Crippen LogP contribution in [0.25, 0.3) is 0 Å². The van der Waals surface area contributed by atoms with Gasteiger partial charge in [-0.2, -0.15) is 0 Å². The zero-order valence-corrected chi connectivity index (χ0v) is 11.0. The van der Waals surface area contributed by atoms with Gasteiger partial charge in [-0.05, 0) is 56.6 Å². The van der Waals surface area contributed by atoms with Crippen LogP contribution in [0.3, 0.4) is 0 Å². The van der Waals surface area contributed by atoms with Crippen LogP contribution in [-0.4, -0.2) is 11.8 Å². The van der Waals surface area contributed by atoms with Crippen LogP contribution in [0.5, 0.6) is 0 Å². The molecular formula is C13H18FNS. The summed E-state index contributed by atoms with van der Waals surface area (Å²) in [7, 11) is 1.95. The molecule has 0 amide bonds. The fraction of sp³-hybridized carbons (Fsp3) is 0.538. The molecule has 1 nitrogen and oxygen atoms in total. The highest BCUT2D eigenvalue weighted by atomic mass is 32.2. The lowest BCUT2D eigenvalue weighted by molar-refractivity contribution is 0.470. The smallest absolute Gasteiger partial charge is 0.123 e. The van der Waals surface area contributed by atoms with E-state index in [1.807, 2.05) is 25.7 Å². The van der Waals surface area contributed by atoms with Gasteiger partial charge < -0.3 is 5.32 Å². The summed E-state index contributed by atoms with van der Waals surface area (Å²) in [5.41, 5.74) is 3.49. The van der Waals surface area contributed by atoms with Crippen molar-refractivity contribution in [2.24, 2.45) is 0 Å². The Bertz CT molecular complexity index is 415. The average molecular weight is 239 g/mol. The molecule has 0 saturated heterocycles. The Morgan fingerprint density at radius 3 is 2.75 bits per heavy atom. The van der Waals surface area contributed by atoms with Crippen LogP contribution in [0.15, 0.2) is 12.1 Å². The Labute approximate surface area is 101 Å². The lowest BCUT2D eigenvalue weighted by Crippen LogP contribution is -2.38. The number of benzene rings is 1. The zero-order chi connectivity index (χ0) is 11.9. The van der Waals surface area contributed by atoms with E-state index in [1.54, 1.807) is 12.1 Å². The van der Waals surface area contributed by atoms with Gasteiger partial charge >= 0.3 is 0 Å². The van der Waals surface area contributed by atoms with Gasteiger partial charge in [0.05, 0.1) is 0 Å². The maximum Gasteiger partial charge on any atom is 0.123 e. The molecule has 1 aliphatic heterocycles. The summed E-state index contributed by atoms with van der Waals surface area (Å²) >= 11 is 1.93. The number of hydrogen-bond acceptors (Lipinski definition) is 2. The van der Waals surface area contributed by atoms with E-state index in [0.717, 1.165) is 16.9 Å². The Kier molecular flexibility index (Phi) is 3.01. The van der Waals surface area contributed by atoms with Gasteiger partial charge in [0.25, 0.3) is 0 Å². The molecule has 1 aromatic rings. The highest BCUT2D eigenvalue weighted by Crippen LogP contribution is 2.46. The standard InChI is InChI=1S/C13H18FNS/c1-8-5-9(14)6-10-11(8)7-16-13(2,3)12(10)15-4/h5-6,12,15H,7H2,1-4H3. The molecule has 1 heterocycles. The summed E-state index contributed by atoms with van der Waals surface area (Å²) < 4.78 is 13.6. The van der Waals surface area contributed by atoms with Gasteiger partial charge in [0.15, 0.2) is 0 Å². The molecule has 0 bridgehead atoms. The van der Waals surface area contributed by atoms with Crippen LogP contribution in [-0.2, 0) is 5.75 Å². The van der Waals surface area contributed by atoms with Crippen molar-refractivity contribution in [2.75, 3.05) is 7.05 Å². The molecule has 1 atom stereocenters. The van der Waals surface area contributed by atoms with Crippen molar-refractivity contribution >= 4 is 11.8 Å². The predicted octanol–water partition coefficient (Wildman–Crippen LogP) is 3.42. The van der Waals surface area contributed by atoms with Crippen molar-refractivity contribution in [3.05, 3.63) is 34.6 Å². The van der Waals surface area contributed by atoms with Gasteiger partial charge in [-0.1, -0.05) is 0 Å². The SMILES string of the molecule is CNC1c2cc(F)cc(C)c2CSC1(C)C. The second kappa shape index (κ2) is 4.04. The van der Waals surface area contributed by atoms with Crippen molar-refractivity contribution in [3.63, 3.8) is 0 Å². The highest BCUT2D eigenvalue weighted by Gasteiger charge is 2.36. The third-order valence-corrected chi connectivity index (χ3v) is 4.77. The molecule has 88 valence electrons. The minimum Gasteiger partial charge on any atom is -0.312 e. The van der Waals surface area contributed by atoms with Crippen LogP contribution in [0.4, 0.5) is 4.39 Å². The van der Waals surface area contributed by atoms with Crippen molar-refractivity contribution in [3.8, 4) is 0 Å². The predicted molar refractivity (Wildman–Crippen MR) is 68.3 cm³/mol. The van der Waals surface area contributed by atoms with Gasteiger partial charge in [0.1, 0.15) is 5.82 Å². The second-order valence-electron chi connectivity index (χ2n) is 4.90. The fourth-order valence-corrected chi connectivity index (χ4v) is 3.79. The van der Waals surface area contributed by atoms with Crippen LogP contribution < -0.4 is 5.32 Å².